The maximum Gasteiger partial charge on any atom is 0.234 e. The fourth-order valence-corrected chi connectivity index (χ4v) is 7.23. The van der Waals surface area contributed by atoms with Crippen molar-refractivity contribution in [1.82, 2.24) is 20.0 Å². The molecule has 40 heavy (non-hydrogen) atoms. The number of anilines is 3. The third-order valence-corrected chi connectivity index (χ3v) is 10.2. The summed E-state index contributed by atoms with van der Waals surface area (Å²) in [7, 11) is -3.64. The summed E-state index contributed by atoms with van der Waals surface area (Å²) >= 11 is 0. The number of benzene rings is 1. The van der Waals surface area contributed by atoms with E-state index in [1.165, 1.54) is 12.8 Å². The Morgan fingerprint density at radius 1 is 1.12 bits per heavy atom. The van der Waals surface area contributed by atoms with Gasteiger partial charge in [-0.05, 0) is 80.3 Å². The van der Waals surface area contributed by atoms with E-state index in [1.54, 1.807) is 10.7 Å². The molecule has 7 rings (SSSR count). The van der Waals surface area contributed by atoms with Crippen LogP contribution < -0.4 is 14.5 Å². The summed E-state index contributed by atoms with van der Waals surface area (Å²) in [5.41, 5.74) is 4.60. The molecule has 1 spiro atoms. The van der Waals surface area contributed by atoms with E-state index in [2.05, 4.69) is 37.8 Å². The molecule has 2 aromatic heterocycles. The van der Waals surface area contributed by atoms with Gasteiger partial charge in [-0.15, -0.1) is 5.10 Å². The molecule has 0 amide bonds. The van der Waals surface area contributed by atoms with E-state index in [1.807, 2.05) is 24.4 Å². The Labute approximate surface area is 234 Å². The number of aromatic nitrogens is 4. The summed E-state index contributed by atoms with van der Waals surface area (Å²) in [5.74, 6) is 1.30. The molecular weight excluding hydrogens is 530 g/mol. The Bertz CT molecular complexity index is 1530. The van der Waals surface area contributed by atoms with Crippen molar-refractivity contribution < 1.29 is 18.3 Å². The third kappa shape index (κ3) is 4.92. The molecule has 12 heteroatoms. The molecule has 4 aliphatic rings. The highest BCUT2D eigenvalue weighted by molar-refractivity contribution is 7.92. The van der Waals surface area contributed by atoms with Gasteiger partial charge in [0.2, 0.25) is 10.0 Å². The van der Waals surface area contributed by atoms with Gasteiger partial charge < -0.3 is 19.6 Å². The van der Waals surface area contributed by atoms with Crippen molar-refractivity contribution in [2.24, 2.45) is 5.41 Å². The van der Waals surface area contributed by atoms with Crippen LogP contribution in [0.4, 0.5) is 17.2 Å². The van der Waals surface area contributed by atoms with E-state index in [9.17, 15) is 8.42 Å². The van der Waals surface area contributed by atoms with E-state index < -0.39 is 16.6 Å². The Kier molecular flexibility index (Phi) is 6.24. The van der Waals surface area contributed by atoms with Gasteiger partial charge in [-0.25, -0.2) is 18.1 Å². The van der Waals surface area contributed by atoms with E-state index in [0.29, 0.717) is 28.7 Å². The van der Waals surface area contributed by atoms with Crippen LogP contribution in [0.25, 0.3) is 17.1 Å². The number of hydrogen-bond acceptors (Lipinski definition) is 9. The highest BCUT2D eigenvalue weighted by Gasteiger charge is 2.44. The molecule has 1 aliphatic carbocycles. The molecule has 4 fully saturated rings. The van der Waals surface area contributed by atoms with Crippen molar-refractivity contribution in [3.63, 3.8) is 0 Å². The molecule has 5 heterocycles. The van der Waals surface area contributed by atoms with Gasteiger partial charge in [-0.3, -0.25) is 4.72 Å². The molecule has 3 aliphatic heterocycles. The Hall–Kier alpha value is -3.22. The number of aryl methyl sites for hydroxylation is 1. The van der Waals surface area contributed by atoms with E-state index in [0.717, 1.165) is 68.1 Å². The summed E-state index contributed by atoms with van der Waals surface area (Å²) in [5, 5.41) is 18.1. The third-order valence-electron chi connectivity index (χ3n) is 8.89. The molecule has 1 saturated carbocycles. The second-order valence-electron chi connectivity index (χ2n) is 11.8. The summed E-state index contributed by atoms with van der Waals surface area (Å²) in [6.45, 7) is 5.07. The van der Waals surface area contributed by atoms with Crippen LogP contribution >= 0.6 is 0 Å². The normalized spacial score (nSPS) is 23.2. The molecular formula is C28H35N7O4S. The average Bonchev–Trinajstić information content (AvgIpc) is 3.32. The van der Waals surface area contributed by atoms with Crippen LogP contribution in [0.5, 0.6) is 0 Å². The van der Waals surface area contributed by atoms with Crippen molar-refractivity contribution >= 4 is 27.2 Å². The van der Waals surface area contributed by atoms with E-state index >= 15 is 0 Å². The van der Waals surface area contributed by atoms with Crippen LogP contribution in [0.3, 0.4) is 0 Å². The Balaban J connectivity index is 1.20. The highest BCUT2D eigenvalue weighted by Crippen LogP contribution is 2.54. The van der Waals surface area contributed by atoms with Gasteiger partial charge >= 0.3 is 0 Å². The van der Waals surface area contributed by atoms with Gasteiger partial charge in [-0.1, -0.05) is 5.21 Å². The maximum absolute atomic E-state index is 12.4. The summed E-state index contributed by atoms with van der Waals surface area (Å²) in [4.78, 5) is 9.60. The van der Waals surface area contributed by atoms with Crippen LogP contribution in [0.2, 0.25) is 0 Å². The quantitative estimate of drug-likeness (QED) is 0.424. The van der Waals surface area contributed by atoms with Crippen LogP contribution in [0, 0.1) is 12.3 Å². The maximum atomic E-state index is 12.4. The van der Waals surface area contributed by atoms with Crippen molar-refractivity contribution in [3.8, 4) is 17.1 Å². The lowest BCUT2D eigenvalue weighted by atomic mass is 9.93. The summed E-state index contributed by atoms with van der Waals surface area (Å²) in [6, 6.07) is 10.0. The van der Waals surface area contributed by atoms with Crippen molar-refractivity contribution in [2.75, 3.05) is 53.1 Å². The molecule has 212 valence electrons. The molecule has 0 unspecified atom stereocenters. The lowest BCUT2D eigenvalue weighted by Crippen LogP contribution is -2.37. The summed E-state index contributed by atoms with van der Waals surface area (Å²) < 4.78 is 34.8. The van der Waals surface area contributed by atoms with Gasteiger partial charge in [0.25, 0.3) is 0 Å². The lowest BCUT2D eigenvalue weighted by Gasteiger charge is -2.35. The number of hydrogen-bond donors (Lipinski definition) is 2. The highest BCUT2D eigenvalue weighted by atomic mass is 32.2. The number of sulfonamides is 1. The second kappa shape index (κ2) is 9.71. The Morgan fingerprint density at radius 2 is 1.93 bits per heavy atom. The van der Waals surface area contributed by atoms with Crippen LogP contribution in [-0.2, 0) is 14.8 Å². The minimum Gasteiger partial charge on any atom is -0.395 e. The van der Waals surface area contributed by atoms with Crippen molar-refractivity contribution in [3.05, 3.63) is 42.1 Å². The van der Waals surface area contributed by atoms with E-state index in [-0.39, 0.29) is 11.9 Å². The number of fused-ring (bicyclic) bond motifs is 2. The molecule has 0 radical (unpaired) electrons. The van der Waals surface area contributed by atoms with Gasteiger partial charge in [-0.2, -0.15) is 0 Å². The first-order valence-electron chi connectivity index (χ1n) is 14.1. The molecule has 2 N–H and O–H groups in total. The number of morpholine rings is 1. The fourth-order valence-electron chi connectivity index (χ4n) is 6.40. The zero-order valence-electron chi connectivity index (χ0n) is 22.7. The predicted molar refractivity (Wildman–Crippen MR) is 152 cm³/mol. The number of ether oxygens (including phenoxy) is 1. The summed E-state index contributed by atoms with van der Waals surface area (Å²) in [6.07, 6.45) is 8.11. The average molecular weight is 566 g/mol. The number of nitrogens with zero attached hydrogens (tertiary/aromatic N) is 6. The molecule has 2 bridgehead atoms. The molecule has 3 saturated heterocycles. The van der Waals surface area contributed by atoms with Crippen molar-refractivity contribution in [1.29, 1.82) is 0 Å². The van der Waals surface area contributed by atoms with E-state index in [4.69, 9.17) is 14.8 Å². The number of piperidine rings is 1. The number of aliphatic hydroxyl groups is 1. The van der Waals surface area contributed by atoms with Crippen LogP contribution in [-0.4, -0.2) is 84.2 Å². The molecule has 1 aromatic carbocycles. The Morgan fingerprint density at radius 3 is 2.62 bits per heavy atom. The predicted octanol–water partition coefficient (Wildman–Crippen LogP) is 2.73. The topological polar surface area (TPSA) is 126 Å². The number of pyridine rings is 1. The SMILES string of the molecule is Cc1cc(N2C[C@@H]3C[C@H]2CO3)nc(-n2cc(-c3ccc(NS(=O)(=O)CCO)cc3N3CCC4(CC3)CC4)nn2)c1. The second-order valence-corrected chi connectivity index (χ2v) is 13.6. The van der Waals surface area contributed by atoms with Gasteiger partial charge in [0, 0.05) is 30.9 Å². The minimum absolute atomic E-state index is 0.285. The first-order valence-corrected chi connectivity index (χ1v) is 15.8. The number of nitrogens with one attached hydrogen (secondary N) is 1. The lowest BCUT2D eigenvalue weighted by molar-refractivity contribution is 0.0989. The first kappa shape index (κ1) is 25.7. The smallest absolute Gasteiger partial charge is 0.234 e. The number of rotatable bonds is 8. The zero-order chi connectivity index (χ0) is 27.5. The zero-order valence-corrected chi connectivity index (χ0v) is 23.5. The number of aliphatic hydroxyl groups excluding tert-OH is 1. The standard InChI is InChI=1S/C28H35N7O4S/c1-19-12-26(34-16-22-15-21(34)18-39-22)29-27(13-19)35-17-24(30-32-35)23-3-2-20(31-40(37,38)11-10-36)14-25(23)33-8-6-28(4-5-28)7-9-33/h2-3,12-14,17,21-22,31,36H,4-11,15-16,18H2,1H3/t21-,22-/m0/s1. The monoisotopic (exact) mass is 565 g/mol. The van der Waals surface area contributed by atoms with Gasteiger partial charge in [0.1, 0.15) is 11.5 Å². The molecule has 2 atom stereocenters. The van der Waals surface area contributed by atoms with Gasteiger partial charge in [0.15, 0.2) is 5.82 Å². The fraction of sp³-hybridized carbons (Fsp3) is 0.536. The van der Waals surface area contributed by atoms with Crippen LogP contribution in [0.15, 0.2) is 36.5 Å². The largest absolute Gasteiger partial charge is 0.395 e. The van der Waals surface area contributed by atoms with Crippen molar-refractivity contribution in [2.45, 2.75) is 51.2 Å². The first-order chi connectivity index (χ1) is 19.3. The van der Waals surface area contributed by atoms with Gasteiger partial charge in [0.05, 0.1) is 43.0 Å². The molecule has 11 nitrogen and oxygen atoms in total. The van der Waals surface area contributed by atoms with Crippen LogP contribution in [0.1, 0.15) is 37.7 Å². The minimum atomic E-state index is -3.64. The molecule has 3 aromatic rings.